The van der Waals surface area contributed by atoms with Crippen LogP contribution in [0, 0.1) is 0 Å². The van der Waals surface area contributed by atoms with E-state index < -0.39 is 11.1 Å². The van der Waals surface area contributed by atoms with Gasteiger partial charge in [-0.1, -0.05) is 0 Å². The Kier molecular flexibility index (Phi) is 4.09. The fraction of sp³-hybridized carbons (Fsp3) is 0.231. The van der Waals surface area contributed by atoms with E-state index in [0.29, 0.717) is 0 Å². The summed E-state index contributed by atoms with van der Waals surface area (Å²) in [5.74, 6) is -0.363. The molecule has 0 aliphatic rings. The molecule has 0 aliphatic carbocycles. The molecule has 2 heterocycles. The van der Waals surface area contributed by atoms with Crippen LogP contribution in [-0.4, -0.2) is 20.7 Å². The monoisotopic (exact) mass is 274 g/mol. The van der Waals surface area contributed by atoms with E-state index in [9.17, 15) is 14.4 Å². The molecular formula is C13H14N4O3. The number of hydrogen-bond donors (Lipinski definition) is 2. The number of hydrogen-bond acceptors (Lipinski definition) is 4. The Morgan fingerprint density at radius 3 is 2.70 bits per heavy atom. The smallest absolute Gasteiger partial charge is 0.265 e. The summed E-state index contributed by atoms with van der Waals surface area (Å²) >= 11 is 0. The van der Waals surface area contributed by atoms with Crippen LogP contribution in [0.15, 0.2) is 46.2 Å². The van der Waals surface area contributed by atoms with Gasteiger partial charge in [0, 0.05) is 24.5 Å². The Morgan fingerprint density at radius 1 is 1.30 bits per heavy atom. The SMILES string of the molecule is CC(NC(=O)Cn1[nH]c(=O)ccc1=O)c1ccncc1. The predicted molar refractivity (Wildman–Crippen MR) is 72.1 cm³/mol. The summed E-state index contributed by atoms with van der Waals surface area (Å²) in [5, 5.41) is 5.04. The van der Waals surface area contributed by atoms with Crippen LogP contribution in [0.3, 0.4) is 0 Å². The van der Waals surface area contributed by atoms with Crippen LogP contribution in [0.25, 0.3) is 0 Å². The number of aromatic amines is 1. The zero-order valence-electron chi connectivity index (χ0n) is 10.9. The number of nitrogens with one attached hydrogen (secondary N) is 2. The van der Waals surface area contributed by atoms with Crippen molar-refractivity contribution in [3.05, 3.63) is 62.9 Å². The zero-order valence-corrected chi connectivity index (χ0v) is 10.9. The number of nitrogens with zero attached hydrogens (tertiary/aromatic N) is 2. The molecule has 0 saturated carbocycles. The van der Waals surface area contributed by atoms with Crippen LogP contribution >= 0.6 is 0 Å². The first-order valence-electron chi connectivity index (χ1n) is 6.06. The van der Waals surface area contributed by atoms with E-state index in [1.54, 1.807) is 24.5 Å². The van der Waals surface area contributed by atoms with Crippen molar-refractivity contribution in [2.75, 3.05) is 0 Å². The maximum Gasteiger partial charge on any atom is 0.265 e. The molecule has 1 atom stereocenters. The highest BCUT2D eigenvalue weighted by atomic mass is 16.2. The van der Waals surface area contributed by atoms with Crippen molar-refractivity contribution in [1.29, 1.82) is 0 Å². The Balaban J connectivity index is 2.04. The molecule has 1 amide bonds. The predicted octanol–water partition coefficient (Wildman–Crippen LogP) is -0.191. The number of pyridine rings is 1. The number of aromatic nitrogens is 3. The van der Waals surface area contributed by atoms with E-state index in [0.717, 1.165) is 22.4 Å². The van der Waals surface area contributed by atoms with Crippen molar-refractivity contribution in [2.45, 2.75) is 19.5 Å². The molecule has 7 nitrogen and oxygen atoms in total. The third-order valence-corrected chi connectivity index (χ3v) is 2.77. The Hall–Kier alpha value is -2.70. The lowest BCUT2D eigenvalue weighted by Gasteiger charge is -2.14. The van der Waals surface area contributed by atoms with Gasteiger partial charge in [-0.25, -0.2) is 4.68 Å². The minimum Gasteiger partial charge on any atom is -0.348 e. The van der Waals surface area contributed by atoms with Gasteiger partial charge >= 0.3 is 0 Å². The van der Waals surface area contributed by atoms with Crippen LogP contribution in [0.5, 0.6) is 0 Å². The normalized spacial score (nSPS) is 11.8. The van der Waals surface area contributed by atoms with Gasteiger partial charge < -0.3 is 5.32 Å². The molecule has 0 radical (unpaired) electrons. The standard InChI is InChI=1S/C13H14N4O3/c1-9(10-4-6-14-7-5-10)15-12(19)8-17-13(20)3-2-11(18)16-17/h2-7,9H,8H2,1H3,(H,15,19)(H,16,18). The molecule has 0 aromatic carbocycles. The summed E-state index contributed by atoms with van der Waals surface area (Å²) in [4.78, 5) is 38.3. The molecule has 20 heavy (non-hydrogen) atoms. The van der Waals surface area contributed by atoms with E-state index in [4.69, 9.17) is 0 Å². The fourth-order valence-electron chi connectivity index (χ4n) is 1.75. The molecule has 104 valence electrons. The summed E-state index contributed by atoms with van der Waals surface area (Å²) in [7, 11) is 0. The minimum atomic E-state index is -0.434. The van der Waals surface area contributed by atoms with Gasteiger partial charge in [0.1, 0.15) is 6.54 Å². The van der Waals surface area contributed by atoms with E-state index in [-0.39, 0.29) is 18.5 Å². The maximum absolute atomic E-state index is 11.9. The lowest BCUT2D eigenvalue weighted by Crippen LogP contribution is -2.36. The van der Waals surface area contributed by atoms with E-state index in [1.807, 2.05) is 6.92 Å². The lowest BCUT2D eigenvalue weighted by molar-refractivity contribution is -0.122. The summed E-state index contributed by atoms with van der Waals surface area (Å²) in [6, 6.07) is 5.62. The summed E-state index contributed by atoms with van der Waals surface area (Å²) in [6.45, 7) is 1.59. The molecule has 2 aromatic rings. The van der Waals surface area contributed by atoms with Gasteiger partial charge in [-0.3, -0.25) is 24.5 Å². The second kappa shape index (κ2) is 5.96. The van der Waals surface area contributed by atoms with Crippen molar-refractivity contribution >= 4 is 5.91 Å². The number of carbonyl (C=O) groups excluding carboxylic acids is 1. The number of rotatable bonds is 4. The highest BCUT2D eigenvalue weighted by molar-refractivity contribution is 5.76. The van der Waals surface area contributed by atoms with Gasteiger partial charge in [0.2, 0.25) is 5.91 Å². The van der Waals surface area contributed by atoms with Gasteiger partial charge in [0.05, 0.1) is 6.04 Å². The average molecular weight is 274 g/mol. The highest BCUT2D eigenvalue weighted by Crippen LogP contribution is 2.09. The topological polar surface area (TPSA) is 96.9 Å². The minimum absolute atomic E-state index is 0.211. The maximum atomic E-state index is 11.9. The van der Waals surface area contributed by atoms with Gasteiger partial charge in [0.15, 0.2) is 0 Å². The van der Waals surface area contributed by atoms with E-state index in [1.165, 1.54) is 0 Å². The van der Waals surface area contributed by atoms with Crippen LogP contribution < -0.4 is 16.4 Å². The molecule has 0 fully saturated rings. The Morgan fingerprint density at radius 2 is 2.00 bits per heavy atom. The van der Waals surface area contributed by atoms with E-state index >= 15 is 0 Å². The Labute approximate surface area is 114 Å². The Bertz CT molecular complexity index is 705. The number of carbonyl (C=O) groups is 1. The lowest BCUT2D eigenvalue weighted by atomic mass is 10.1. The molecule has 2 N–H and O–H groups in total. The molecule has 0 saturated heterocycles. The van der Waals surface area contributed by atoms with Crippen LogP contribution in [0.2, 0.25) is 0 Å². The molecule has 0 bridgehead atoms. The molecule has 0 aliphatic heterocycles. The average Bonchev–Trinajstić information content (AvgIpc) is 2.43. The first kappa shape index (κ1) is 13.7. The summed E-state index contributed by atoms with van der Waals surface area (Å²) in [6.07, 6.45) is 3.27. The van der Waals surface area contributed by atoms with Crippen molar-refractivity contribution in [3.63, 3.8) is 0 Å². The number of amides is 1. The molecule has 1 unspecified atom stereocenters. The van der Waals surface area contributed by atoms with Gasteiger partial charge in [0.25, 0.3) is 11.1 Å². The van der Waals surface area contributed by atoms with Crippen LogP contribution in [0.4, 0.5) is 0 Å². The molecular weight excluding hydrogens is 260 g/mol. The van der Waals surface area contributed by atoms with E-state index in [2.05, 4.69) is 15.4 Å². The molecule has 2 rings (SSSR count). The second-order valence-corrected chi connectivity index (χ2v) is 4.30. The highest BCUT2D eigenvalue weighted by Gasteiger charge is 2.10. The van der Waals surface area contributed by atoms with Crippen molar-refractivity contribution in [2.24, 2.45) is 0 Å². The third kappa shape index (κ3) is 3.41. The second-order valence-electron chi connectivity index (χ2n) is 4.30. The molecule has 2 aromatic heterocycles. The van der Waals surface area contributed by atoms with Gasteiger partial charge in [-0.2, -0.15) is 0 Å². The van der Waals surface area contributed by atoms with Crippen molar-refractivity contribution in [1.82, 2.24) is 20.1 Å². The third-order valence-electron chi connectivity index (χ3n) is 2.77. The summed E-state index contributed by atoms with van der Waals surface area (Å²) < 4.78 is 0.969. The molecule has 0 spiro atoms. The first-order chi connectivity index (χ1) is 9.56. The zero-order chi connectivity index (χ0) is 14.5. The van der Waals surface area contributed by atoms with Gasteiger partial charge in [-0.05, 0) is 24.6 Å². The quantitative estimate of drug-likeness (QED) is 0.807. The van der Waals surface area contributed by atoms with Crippen molar-refractivity contribution < 1.29 is 4.79 Å². The summed E-state index contributed by atoms with van der Waals surface area (Å²) in [5.41, 5.74) is 0.0400. The largest absolute Gasteiger partial charge is 0.348 e. The van der Waals surface area contributed by atoms with Crippen LogP contribution in [-0.2, 0) is 11.3 Å². The first-order valence-corrected chi connectivity index (χ1v) is 6.06. The van der Waals surface area contributed by atoms with Crippen LogP contribution in [0.1, 0.15) is 18.5 Å². The molecule has 7 heteroatoms. The van der Waals surface area contributed by atoms with Crippen molar-refractivity contribution in [3.8, 4) is 0 Å². The van der Waals surface area contributed by atoms with Gasteiger partial charge in [-0.15, -0.1) is 0 Å². The number of H-pyrrole nitrogens is 1. The fourth-order valence-corrected chi connectivity index (χ4v) is 1.75.